The fourth-order valence-corrected chi connectivity index (χ4v) is 1.30. The van der Waals surface area contributed by atoms with Crippen molar-refractivity contribution in [3.05, 3.63) is 29.3 Å². The molecule has 0 amide bonds. The SMILES string of the molecule is CCCc1cc(N)ccc1C(=O)O. The summed E-state index contributed by atoms with van der Waals surface area (Å²) < 4.78 is 0. The number of benzene rings is 1. The first-order valence-corrected chi connectivity index (χ1v) is 4.27. The lowest BCUT2D eigenvalue weighted by molar-refractivity contribution is 0.0695. The Hall–Kier alpha value is -1.51. The van der Waals surface area contributed by atoms with Gasteiger partial charge in [-0.3, -0.25) is 0 Å². The van der Waals surface area contributed by atoms with E-state index in [1.54, 1.807) is 18.2 Å². The van der Waals surface area contributed by atoms with E-state index in [0.717, 1.165) is 18.4 Å². The van der Waals surface area contributed by atoms with Crippen molar-refractivity contribution in [2.45, 2.75) is 19.8 Å². The zero-order valence-corrected chi connectivity index (χ0v) is 7.58. The predicted molar refractivity (Wildman–Crippen MR) is 51.8 cm³/mol. The van der Waals surface area contributed by atoms with Gasteiger partial charge in [0, 0.05) is 5.69 Å². The molecule has 0 aliphatic carbocycles. The van der Waals surface area contributed by atoms with Crippen molar-refractivity contribution in [1.82, 2.24) is 0 Å². The number of aromatic carboxylic acids is 1. The van der Waals surface area contributed by atoms with Gasteiger partial charge in [-0.15, -0.1) is 0 Å². The number of aryl methyl sites for hydroxylation is 1. The summed E-state index contributed by atoms with van der Waals surface area (Å²) in [5, 5.41) is 8.84. The first kappa shape index (κ1) is 9.58. The molecule has 0 aliphatic rings. The highest BCUT2D eigenvalue weighted by Crippen LogP contribution is 2.15. The van der Waals surface area contributed by atoms with Gasteiger partial charge in [0.2, 0.25) is 0 Å². The summed E-state index contributed by atoms with van der Waals surface area (Å²) in [4.78, 5) is 10.8. The summed E-state index contributed by atoms with van der Waals surface area (Å²) >= 11 is 0. The summed E-state index contributed by atoms with van der Waals surface area (Å²) in [6.07, 6.45) is 1.68. The van der Waals surface area contributed by atoms with Gasteiger partial charge in [0.1, 0.15) is 0 Å². The van der Waals surface area contributed by atoms with Crippen molar-refractivity contribution >= 4 is 11.7 Å². The summed E-state index contributed by atoms with van der Waals surface area (Å²) in [7, 11) is 0. The molecule has 0 atom stereocenters. The molecule has 0 radical (unpaired) electrons. The number of hydrogen-bond donors (Lipinski definition) is 2. The van der Waals surface area contributed by atoms with Crippen LogP contribution in [0.15, 0.2) is 18.2 Å². The van der Waals surface area contributed by atoms with Crippen molar-refractivity contribution < 1.29 is 9.90 Å². The molecule has 0 aromatic heterocycles. The van der Waals surface area contributed by atoms with Gasteiger partial charge < -0.3 is 10.8 Å². The lowest BCUT2D eigenvalue weighted by Crippen LogP contribution is -2.03. The van der Waals surface area contributed by atoms with Gasteiger partial charge in [-0.25, -0.2) is 4.79 Å². The second kappa shape index (κ2) is 3.94. The molecule has 0 saturated heterocycles. The van der Waals surface area contributed by atoms with Gasteiger partial charge in [0.05, 0.1) is 5.56 Å². The number of nitrogens with two attached hydrogens (primary N) is 1. The van der Waals surface area contributed by atoms with E-state index < -0.39 is 5.97 Å². The van der Waals surface area contributed by atoms with E-state index in [0.29, 0.717) is 11.3 Å². The van der Waals surface area contributed by atoms with Crippen molar-refractivity contribution in [1.29, 1.82) is 0 Å². The van der Waals surface area contributed by atoms with Crippen LogP contribution < -0.4 is 5.73 Å². The maximum Gasteiger partial charge on any atom is 0.335 e. The number of carboxylic acids is 1. The lowest BCUT2D eigenvalue weighted by Gasteiger charge is -2.05. The van der Waals surface area contributed by atoms with E-state index in [1.807, 2.05) is 6.92 Å². The molecule has 3 N–H and O–H groups in total. The molecule has 1 rings (SSSR count). The van der Waals surface area contributed by atoms with Crippen LogP contribution in [0.5, 0.6) is 0 Å². The third-order valence-corrected chi connectivity index (χ3v) is 1.88. The smallest absolute Gasteiger partial charge is 0.335 e. The summed E-state index contributed by atoms with van der Waals surface area (Å²) in [6, 6.07) is 4.90. The van der Waals surface area contributed by atoms with Crippen molar-refractivity contribution in [3.63, 3.8) is 0 Å². The summed E-state index contributed by atoms with van der Waals surface area (Å²) in [6.45, 7) is 2.01. The van der Waals surface area contributed by atoms with Crippen LogP contribution in [0.25, 0.3) is 0 Å². The van der Waals surface area contributed by atoms with Gasteiger partial charge in [0.15, 0.2) is 0 Å². The van der Waals surface area contributed by atoms with Gasteiger partial charge in [-0.05, 0) is 30.2 Å². The van der Waals surface area contributed by atoms with Crippen molar-refractivity contribution in [3.8, 4) is 0 Å². The summed E-state index contributed by atoms with van der Waals surface area (Å²) in [5.74, 6) is -0.886. The Bertz CT molecular complexity index is 321. The second-order valence-corrected chi connectivity index (χ2v) is 2.97. The Morgan fingerprint density at radius 3 is 2.77 bits per heavy atom. The molecule has 0 unspecified atom stereocenters. The third-order valence-electron chi connectivity index (χ3n) is 1.88. The molecule has 1 aromatic rings. The predicted octanol–water partition coefficient (Wildman–Crippen LogP) is 1.92. The van der Waals surface area contributed by atoms with E-state index in [-0.39, 0.29) is 0 Å². The number of nitrogen functional groups attached to an aromatic ring is 1. The number of anilines is 1. The number of carboxylic acid groups (broad SMARTS) is 1. The fraction of sp³-hybridized carbons (Fsp3) is 0.300. The average Bonchev–Trinajstić information content (AvgIpc) is 2.04. The quantitative estimate of drug-likeness (QED) is 0.697. The van der Waals surface area contributed by atoms with Crippen LogP contribution in [0.1, 0.15) is 29.3 Å². The van der Waals surface area contributed by atoms with E-state index in [4.69, 9.17) is 10.8 Å². The van der Waals surface area contributed by atoms with Gasteiger partial charge in [0.25, 0.3) is 0 Å². The largest absolute Gasteiger partial charge is 0.478 e. The van der Waals surface area contributed by atoms with Crippen LogP contribution in [-0.2, 0) is 6.42 Å². The maximum absolute atomic E-state index is 10.8. The van der Waals surface area contributed by atoms with Crippen LogP contribution in [-0.4, -0.2) is 11.1 Å². The maximum atomic E-state index is 10.8. The topological polar surface area (TPSA) is 63.3 Å². The molecule has 70 valence electrons. The first-order chi connectivity index (χ1) is 6.15. The Kier molecular flexibility index (Phi) is 2.90. The standard InChI is InChI=1S/C10H13NO2/c1-2-3-7-6-8(11)4-5-9(7)10(12)13/h4-6H,2-3,11H2,1H3,(H,12,13). The molecule has 0 bridgehead atoms. The molecule has 13 heavy (non-hydrogen) atoms. The molecule has 0 spiro atoms. The Labute approximate surface area is 77.2 Å². The number of carbonyl (C=O) groups is 1. The first-order valence-electron chi connectivity index (χ1n) is 4.27. The van der Waals surface area contributed by atoms with Gasteiger partial charge in [-0.2, -0.15) is 0 Å². The van der Waals surface area contributed by atoms with Crippen molar-refractivity contribution in [2.24, 2.45) is 0 Å². The zero-order chi connectivity index (χ0) is 9.84. The minimum absolute atomic E-state index is 0.357. The zero-order valence-electron chi connectivity index (χ0n) is 7.58. The number of hydrogen-bond acceptors (Lipinski definition) is 2. The van der Waals surface area contributed by atoms with Gasteiger partial charge in [-0.1, -0.05) is 13.3 Å². The molecule has 0 fully saturated rings. The Morgan fingerprint density at radius 2 is 2.23 bits per heavy atom. The van der Waals surface area contributed by atoms with E-state index in [2.05, 4.69) is 0 Å². The summed E-state index contributed by atoms with van der Waals surface area (Å²) in [5.41, 5.74) is 7.36. The normalized spacial score (nSPS) is 9.92. The van der Waals surface area contributed by atoms with E-state index in [1.165, 1.54) is 0 Å². The van der Waals surface area contributed by atoms with Gasteiger partial charge >= 0.3 is 5.97 Å². The minimum Gasteiger partial charge on any atom is -0.478 e. The highest BCUT2D eigenvalue weighted by molar-refractivity contribution is 5.89. The Morgan fingerprint density at radius 1 is 1.54 bits per heavy atom. The molecule has 1 aromatic carbocycles. The molecule has 0 heterocycles. The van der Waals surface area contributed by atoms with Crippen LogP contribution in [0, 0.1) is 0 Å². The lowest BCUT2D eigenvalue weighted by atomic mass is 10.0. The molecule has 0 aliphatic heterocycles. The minimum atomic E-state index is -0.886. The monoisotopic (exact) mass is 179 g/mol. The van der Waals surface area contributed by atoms with Crippen LogP contribution in [0.3, 0.4) is 0 Å². The second-order valence-electron chi connectivity index (χ2n) is 2.97. The highest BCUT2D eigenvalue weighted by atomic mass is 16.4. The third kappa shape index (κ3) is 2.21. The number of rotatable bonds is 3. The van der Waals surface area contributed by atoms with E-state index >= 15 is 0 Å². The van der Waals surface area contributed by atoms with Crippen molar-refractivity contribution in [2.75, 3.05) is 5.73 Å². The Balaban J connectivity index is 3.10. The van der Waals surface area contributed by atoms with Crippen LogP contribution in [0.4, 0.5) is 5.69 Å². The average molecular weight is 179 g/mol. The highest BCUT2D eigenvalue weighted by Gasteiger charge is 2.08. The van der Waals surface area contributed by atoms with E-state index in [9.17, 15) is 4.79 Å². The molecule has 0 saturated carbocycles. The fourth-order valence-electron chi connectivity index (χ4n) is 1.30. The van der Waals surface area contributed by atoms with Crippen LogP contribution in [0.2, 0.25) is 0 Å². The molecular formula is C10H13NO2. The van der Waals surface area contributed by atoms with Crippen LogP contribution >= 0.6 is 0 Å². The molecule has 3 heteroatoms. The molecular weight excluding hydrogens is 166 g/mol. The molecule has 3 nitrogen and oxygen atoms in total.